The molecule has 0 bridgehead atoms. The van der Waals surface area contributed by atoms with Crippen molar-refractivity contribution in [2.45, 2.75) is 12.5 Å². The van der Waals surface area contributed by atoms with Crippen LogP contribution in [0.5, 0.6) is 5.75 Å². The van der Waals surface area contributed by atoms with E-state index >= 15 is 0 Å². The second-order valence-corrected chi connectivity index (χ2v) is 8.88. The minimum atomic E-state index is -0.298. The van der Waals surface area contributed by atoms with Crippen LogP contribution in [0.25, 0.3) is 0 Å². The van der Waals surface area contributed by atoms with Gasteiger partial charge in [0.25, 0.3) is 5.91 Å². The zero-order chi connectivity index (χ0) is 20.2. The molecule has 5 nitrogen and oxygen atoms in total. The van der Waals surface area contributed by atoms with Crippen molar-refractivity contribution < 1.29 is 13.9 Å². The van der Waals surface area contributed by atoms with E-state index in [-0.39, 0.29) is 23.5 Å². The first-order valence-electron chi connectivity index (χ1n) is 9.23. The molecule has 8 heteroatoms. The summed E-state index contributed by atoms with van der Waals surface area (Å²) in [5.74, 6) is 1.64. The molecule has 0 spiro atoms. The zero-order valence-corrected chi connectivity index (χ0v) is 17.5. The largest absolute Gasteiger partial charge is 0.497 e. The van der Waals surface area contributed by atoms with Gasteiger partial charge in [0.05, 0.1) is 31.2 Å². The number of hydrogen-bond acceptors (Lipinski definition) is 6. The standard InChI is InChI=1S/C21H20FN3O2S2/c1-27-17-8-4-14(5-9-17)18-12-19(15-2-6-16(22)7-3-15)25(24-18)20(26)13-29-21-23-10-11-28-21/h2-9,19H,10-13H2,1H3/t19-/m1/s1. The van der Waals surface area contributed by atoms with Crippen LogP contribution < -0.4 is 4.74 Å². The maximum absolute atomic E-state index is 13.4. The van der Waals surface area contributed by atoms with E-state index in [1.54, 1.807) is 36.0 Å². The number of hydrogen-bond donors (Lipinski definition) is 0. The fourth-order valence-corrected chi connectivity index (χ4v) is 5.10. The minimum Gasteiger partial charge on any atom is -0.497 e. The predicted octanol–water partition coefficient (Wildman–Crippen LogP) is 4.35. The maximum atomic E-state index is 13.4. The molecular weight excluding hydrogens is 409 g/mol. The third kappa shape index (κ3) is 4.64. The number of hydrazone groups is 1. The van der Waals surface area contributed by atoms with E-state index in [0.717, 1.165) is 39.3 Å². The second kappa shape index (κ2) is 9.00. The molecule has 1 atom stereocenters. The van der Waals surface area contributed by atoms with E-state index in [1.807, 2.05) is 24.3 Å². The van der Waals surface area contributed by atoms with Gasteiger partial charge in [-0.1, -0.05) is 35.7 Å². The Morgan fingerprint density at radius 3 is 2.66 bits per heavy atom. The number of methoxy groups -OCH3 is 1. The van der Waals surface area contributed by atoms with Crippen LogP contribution in [0.2, 0.25) is 0 Å². The number of amides is 1. The van der Waals surface area contributed by atoms with Crippen molar-refractivity contribution in [3.63, 3.8) is 0 Å². The molecule has 0 fully saturated rings. The predicted molar refractivity (Wildman–Crippen MR) is 117 cm³/mol. The number of nitrogens with zero attached hydrogens (tertiary/aromatic N) is 3. The van der Waals surface area contributed by atoms with Crippen LogP contribution in [0, 0.1) is 5.82 Å². The molecule has 150 valence electrons. The number of thioether (sulfide) groups is 2. The van der Waals surface area contributed by atoms with Gasteiger partial charge in [0.2, 0.25) is 0 Å². The highest BCUT2D eigenvalue weighted by molar-refractivity contribution is 8.39. The number of carbonyl (C=O) groups excluding carboxylic acids is 1. The van der Waals surface area contributed by atoms with Crippen LogP contribution >= 0.6 is 23.5 Å². The van der Waals surface area contributed by atoms with Gasteiger partial charge in [-0.25, -0.2) is 9.40 Å². The van der Waals surface area contributed by atoms with Gasteiger partial charge in [-0.15, -0.1) is 0 Å². The van der Waals surface area contributed by atoms with Crippen LogP contribution in [0.15, 0.2) is 58.6 Å². The molecule has 0 saturated heterocycles. The molecular formula is C21H20FN3O2S2. The van der Waals surface area contributed by atoms with Crippen LogP contribution in [-0.2, 0) is 4.79 Å². The van der Waals surface area contributed by atoms with Gasteiger partial charge in [0.1, 0.15) is 15.9 Å². The van der Waals surface area contributed by atoms with Crippen molar-refractivity contribution in [1.29, 1.82) is 0 Å². The average molecular weight is 430 g/mol. The summed E-state index contributed by atoms with van der Waals surface area (Å²) in [4.78, 5) is 17.4. The summed E-state index contributed by atoms with van der Waals surface area (Å²) in [7, 11) is 1.62. The van der Waals surface area contributed by atoms with E-state index < -0.39 is 0 Å². The lowest BCUT2D eigenvalue weighted by Crippen LogP contribution is -2.28. The Hall–Kier alpha value is -2.32. The lowest BCUT2D eigenvalue weighted by atomic mass is 9.98. The van der Waals surface area contributed by atoms with Crippen LogP contribution in [-0.4, -0.2) is 46.2 Å². The molecule has 2 aromatic carbocycles. The molecule has 0 unspecified atom stereocenters. The van der Waals surface area contributed by atoms with Crippen molar-refractivity contribution in [3.05, 3.63) is 65.5 Å². The van der Waals surface area contributed by atoms with E-state index in [2.05, 4.69) is 10.1 Å². The highest BCUT2D eigenvalue weighted by Crippen LogP contribution is 2.34. The number of benzene rings is 2. The highest BCUT2D eigenvalue weighted by atomic mass is 32.2. The van der Waals surface area contributed by atoms with Gasteiger partial charge in [-0.2, -0.15) is 5.10 Å². The summed E-state index contributed by atoms with van der Waals surface area (Å²) in [6.45, 7) is 0.808. The summed E-state index contributed by atoms with van der Waals surface area (Å²) in [6, 6.07) is 13.6. The van der Waals surface area contributed by atoms with E-state index in [4.69, 9.17) is 4.74 Å². The first-order chi connectivity index (χ1) is 14.1. The van der Waals surface area contributed by atoms with Crippen LogP contribution in [0.1, 0.15) is 23.6 Å². The van der Waals surface area contributed by atoms with Gasteiger partial charge >= 0.3 is 0 Å². The molecule has 2 aromatic rings. The Morgan fingerprint density at radius 1 is 1.24 bits per heavy atom. The molecule has 0 aliphatic carbocycles. The molecule has 2 aliphatic heterocycles. The van der Waals surface area contributed by atoms with Gasteiger partial charge in [0, 0.05) is 12.2 Å². The van der Waals surface area contributed by atoms with E-state index in [0.29, 0.717) is 6.42 Å². The van der Waals surface area contributed by atoms with Crippen LogP contribution in [0.4, 0.5) is 4.39 Å². The lowest BCUT2D eigenvalue weighted by Gasteiger charge is -2.22. The molecule has 2 aliphatic rings. The summed E-state index contributed by atoms with van der Waals surface area (Å²) in [5, 5.41) is 6.19. The number of carbonyl (C=O) groups is 1. The lowest BCUT2D eigenvalue weighted by molar-refractivity contribution is -0.130. The number of rotatable bonds is 5. The van der Waals surface area contributed by atoms with Crippen molar-refractivity contribution in [2.24, 2.45) is 10.1 Å². The fraction of sp³-hybridized carbons (Fsp3) is 0.286. The molecule has 29 heavy (non-hydrogen) atoms. The number of ether oxygens (including phenoxy) is 1. The molecule has 0 saturated carbocycles. The Labute approximate surface area is 177 Å². The smallest absolute Gasteiger partial charge is 0.253 e. The first kappa shape index (κ1) is 20.0. The van der Waals surface area contributed by atoms with Crippen molar-refractivity contribution in [2.75, 3.05) is 25.2 Å². The van der Waals surface area contributed by atoms with E-state index in [1.165, 1.54) is 23.9 Å². The van der Waals surface area contributed by atoms with Gasteiger partial charge in [-0.05, 0) is 47.5 Å². The van der Waals surface area contributed by atoms with Gasteiger partial charge < -0.3 is 4.74 Å². The van der Waals surface area contributed by atoms with Crippen molar-refractivity contribution >= 4 is 39.5 Å². The molecule has 0 aromatic heterocycles. The SMILES string of the molecule is COc1ccc(C2=NN(C(=O)CSC3=NCCS3)[C@@H](c3ccc(F)cc3)C2)cc1. The summed E-state index contributed by atoms with van der Waals surface area (Å²) >= 11 is 3.14. The molecule has 4 rings (SSSR count). The molecule has 1 amide bonds. The first-order valence-corrected chi connectivity index (χ1v) is 11.2. The Bertz CT molecular complexity index is 945. The average Bonchev–Trinajstić information content (AvgIpc) is 3.43. The van der Waals surface area contributed by atoms with Crippen molar-refractivity contribution in [1.82, 2.24) is 5.01 Å². The summed E-state index contributed by atoms with van der Waals surface area (Å²) < 4.78 is 19.6. The summed E-state index contributed by atoms with van der Waals surface area (Å²) in [6.07, 6.45) is 0.573. The topological polar surface area (TPSA) is 54.3 Å². The fourth-order valence-electron chi connectivity index (χ4n) is 3.24. The number of halogens is 1. The zero-order valence-electron chi connectivity index (χ0n) is 15.9. The molecule has 2 heterocycles. The van der Waals surface area contributed by atoms with E-state index in [9.17, 15) is 9.18 Å². The molecule has 0 radical (unpaired) electrons. The second-order valence-electron chi connectivity index (χ2n) is 6.57. The third-order valence-electron chi connectivity index (χ3n) is 4.72. The maximum Gasteiger partial charge on any atom is 0.253 e. The quantitative estimate of drug-likeness (QED) is 0.709. The van der Waals surface area contributed by atoms with Gasteiger partial charge in [0.15, 0.2) is 0 Å². The van der Waals surface area contributed by atoms with Crippen LogP contribution in [0.3, 0.4) is 0 Å². The minimum absolute atomic E-state index is 0.0805. The van der Waals surface area contributed by atoms with Gasteiger partial charge in [-0.3, -0.25) is 9.79 Å². The van der Waals surface area contributed by atoms with Crippen molar-refractivity contribution in [3.8, 4) is 5.75 Å². The Morgan fingerprint density at radius 2 is 2.00 bits per heavy atom. The summed E-state index contributed by atoms with van der Waals surface area (Å²) in [5.41, 5.74) is 2.63. The normalized spacial score (nSPS) is 18.6. The third-order valence-corrected chi connectivity index (χ3v) is 6.96. The number of aliphatic imine (C=N–C) groups is 1. The molecule has 0 N–H and O–H groups in total. The highest BCUT2D eigenvalue weighted by Gasteiger charge is 2.33. The Kier molecular flexibility index (Phi) is 6.20. The monoisotopic (exact) mass is 429 g/mol. The Balaban J connectivity index is 1.57.